The Kier molecular flexibility index (Phi) is 1.94. The second-order valence-electron chi connectivity index (χ2n) is 5.98. The monoisotopic (exact) mass is 196 g/mol. The van der Waals surface area contributed by atoms with E-state index in [0.29, 0.717) is 0 Å². The molecular formula is C12H20O2. The van der Waals surface area contributed by atoms with Crippen molar-refractivity contribution in [3.63, 3.8) is 0 Å². The molecule has 0 aromatic carbocycles. The molecule has 2 N–H and O–H groups in total. The number of aliphatic hydroxyl groups is 2. The summed E-state index contributed by atoms with van der Waals surface area (Å²) in [5.41, 5.74) is 0.115. The summed E-state index contributed by atoms with van der Waals surface area (Å²) in [5.74, 6) is 2.59. The van der Waals surface area contributed by atoms with E-state index >= 15 is 0 Å². The molecule has 4 rings (SSSR count). The van der Waals surface area contributed by atoms with Crippen molar-refractivity contribution >= 4 is 0 Å². The highest BCUT2D eigenvalue weighted by Gasteiger charge is 2.53. The molecule has 0 unspecified atom stereocenters. The Hall–Kier alpha value is -0.0800. The van der Waals surface area contributed by atoms with Gasteiger partial charge < -0.3 is 10.2 Å². The van der Waals surface area contributed by atoms with E-state index in [1.165, 1.54) is 38.5 Å². The first-order valence-corrected chi connectivity index (χ1v) is 6.01. The molecule has 4 fully saturated rings. The van der Waals surface area contributed by atoms with E-state index in [4.69, 9.17) is 5.11 Å². The van der Waals surface area contributed by atoms with E-state index < -0.39 is 6.10 Å². The molecule has 1 atom stereocenters. The summed E-state index contributed by atoms with van der Waals surface area (Å²) < 4.78 is 0. The zero-order chi connectivity index (χ0) is 9.76. The van der Waals surface area contributed by atoms with Gasteiger partial charge in [0, 0.05) is 0 Å². The summed E-state index contributed by atoms with van der Waals surface area (Å²) in [6.07, 6.45) is 7.30. The molecule has 4 aliphatic rings. The van der Waals surface area contributed by atoms with Crippen LogP contribution in [0.1, 0.15) is 38.5 Å². The molecule has 0 aliphatic heterocycles. The quantitative estimate of drug-likeness (QED) is 0.703. The van der Waals surface area contributed by atoms with Gasteiger partial charge >= 0.3 is 0 Å². The molecule has 4 saturated carbocycles. The van der Waals surface area contributed by atoms with Crippen LogP contribution in [0, 0.1) is 23.2 Å². The Morgan fingerprint density at radius 3 is 1.79 bits per heavy atom. The van der Waals surface area contributed by atoms with Gasteiger partial charge in [-0.15, -0.1) is 0 Å². The maximum absolute atomic E-state index is 9.97. The second kappa shape index (κ2) is 2.96. The van der Waals surface area contributed by atoms with Gasteiger partial charge in [0.2, 0.25) is 0 Å². The lowest BCUT2D eigenvalue weighted by Crippen LogP contribution is -2.52. The van der Waals surface area contributed by atoms with Crippen molar-refractivity contribution in [2.45, 2.75) is 44.6 Å². The smallest absolute Gasteiger partial charge is 0.0827 e. The number of rotatable bonds is 2. The second-order valence-corrected chi connectivity index (χ2v) is 5.98. The van der Waals surface area contributed by atoms with Crippen molar-refractivity contribution in [1.82, 2.24) is 0 Å². The van der Waals surface area contributed by atoms with Gasteiger partial charge in [0.1, 0.15) is 0 Å². The predicted octanol–water partition coefficient (Wildman–Crippen LogP) is 1.56. The van der Waals surface area contributed by atoms with E-state index in [1.807, 2.05) is 0 Å². The van der Waals surface area contributed by atoms with Crippen molar-refractivity contribution in [3.05, 3.63) is 0 Å². The molecule has 4 aliphatic carbocycles. The Morgan fingerprint density at radius 2 is 1.43 bits per heavy atom. The van der Waals surface area contributed by atoms with E-state index in [2.05, 4.69) is 0 Å². The molecule has 0 aromatic heterocycles. The minimum atomic E-state index is -0.448. The molecule has 14 heavy (non-hydrogen) atoms. The van der Waals surface area contributed by atoms with Crippen molar-refractivity contribution in [2.75, 3.05) is 6.61 Å². The molecule has 4 bridgehead atoms. The molecule has 0 radical (unpaired) electrons. The fourth-order valence-corrected chi connectivity index (χ4v) is 4.78. The lowest BCUT2D eigenvalue weighted by atomic mass is 9.48. The average Bonchev–Trinajstić information content (AvgIpc) is 2.14. The number of hydrogen-bond donors (Lipinski definition) is 2. The van der Waals surface area contributed by atoms with Crippen LogP contribution in [0.15, 0.2) is 0 Å². The summed E-state index contributed by atoms with van der Waals surface area (Å²) in [4.78, 5) is 0. The molecule has 0 saturated heterocycles. The first-order valence-electron chi connectivity index (χ1n) is 6.01. The van der Waals surface area contributed by atoms with Crippen molar-refractivity contribution in [3.8, 4) is 0 Å². The van der Waals surface area contributed by atoms with Crippen LogP contribution in [-0.2, 0) is 0 Å². The van der Waals surface area contributed by atoms with Crippen molar-refractivity contribution in [1.29, 1.82) is 0 Å². The highest BCUT2D eigenvalue weighted by Crippen LogP contribution is 2.61. The fraction of sp³-hybridized carbons (Fsp3) is 1.00. The molecule has 0 heterocycles. The van der Waals surface area contributed by atoms with Crippen molar-refractivity contribution in [2.24, 2.45) is 23.2 Å². The van der Waals surface area contributed by atoms with E-state index in [0.717, 1.165) is 17.8 Å². The van der Waals surface area contributed by atoms with Crippen LogP contribution in [0.5, 0.6) is 0 Å². The molecule has 0 amide bonds. The van der Waals surface area contributed by atoms with Crippen LogP contribution in [0.2, 0.25) is 0 Å². The van der Waals surface area contributed by atoms with Crippen LogP contribution in [-0.4, -0.2) is 22.9 Å². The maximum Gasteiger partial charge on any atom is 0.0827 e. The fourth-order valence-electron chi connectivity index (χ4n) is 4.78. The number of hydrogen-bond acceptors (Lipinski definition) is 2. The normalized spacial score (nSPS) is 52.3. The maximum atomic E-state index is 9.97. The third-order valence-corrected chi connectivity index (χ3v) is 4.97. The first-order chi connectivity index (χ1) is 6.72. The van der Waals surface area contributed by atoms with Crippen LogP contribution in [0.3, 0.4) is 0 Å². The van der Waals surface area contributed by atoms with E-state index in [9.17, 15) is 5.11 Å². The van der Waals surface area contributed by atoms with Crippen LogP contribution < -0.4 is 0 Å². The molecule has 0 spiro atoms. The van der Waals surface area contributed by atoms with Gasteiger partial charge in [-0.05, 0) is 61.7 Å². The Labute approximate surface area is 85.3 Å². The van der Waals surface area contributed by atoms with Crippen LogP contribution in [0.25, 0.3) is 0 Å². The molecular weight excluding hydrogens is 176 g/mol. The van der Waals surface area contributed by atoms with Gasteiger partial charge in [-0.3, -0.25) is 0 Å². The van der Waals surface area contributed by atoms with Crippen LogP contribution in [0.4, 0.5) is 0 Å². The summed E-state index contributed by atoms with van der Waals surface area (Å²) >= 11 is 0. The predicted molar refractivity (Wildman–Crippen MR) is 53.7 cm³/mol. The Balaban J connectivity index is 1.87. The van der Waals surface area contributed by atoms with Gasteiger partial charge in [0.05, 0.1) is 12.7 Å². The highest BCUT2D eigenvalue weighted by molar-refractivity contribution is 5.04. The van der Waals surface area contributed by atoms with Gasteiger partial charge in [-0.25, -0.2) is 0 Å². The van der Waals surface area contributed by atoms with E-state index in [1.54, 1.807) is 0 Å². The standard InChI is InChI=1S/C12H20O2/c13-7-11(14)12-4-8-1-9(5-12)3-10(2-8)6-12/h8-11,13-14H,1-7H2/t8?,9?,10?,11-,12?/m1/s1. The minimum absolute atomic E-state index is 0.0356. The SMILES string of the molecule is OC[C@@H](O)C12CC3CC(CC(C3)C1)C2. The summed E-state index contributed by atoms with van der Waals surface area (Å²) in [7, 11) is 0. The summed E-state index contributed by atoms with van der Waals surface area (Å²) in [6, 6.07) is 0. The molecule has 2 nitrogen and oxygen atoms in total. The Bertz CT molecular complexity index is 201. The third-order valence-electron chi connectivity index (χ3n) is 4.97. The minimum Gasteiger partial charge on any atom is -0.394 e. The Morgan fingerprint density at radius 1 is 1.00 bits per heavy atom. The molecule has 2 heteroatoms. The molecule has 80 valence electrons. The topological polar surface area (TPSA) is 40.5 Å². The van der Waals surface area contributed by atoms with Gasteiger partial charge in [-0.2, -0.15) is 0 Å². The van der Waals surface area contributed by atoms with Crippen LogP contribution >= 0.6 is 0 Å². The average molecular weight is 196 g/mol. The summed E-state index contributed by atoms with van der Waals surface area (Å²) in [6.45, 7) is -0.0356. The zero-order valence-electron chi connectivity index (χ0n) is 8.65. The zero-order valence-corrected chi connectivity index (χ0v) is 8.65. The highest BCUT2D eigenvalue weighted by atomic mass is 16.3. The lowest BCUT2D eigenvalue weighted by molar-refractivity contribution is -0.132. The summed E-state index contributed by atoms with van der Waals surface area (Å²) in [5, 5.41) is 19.1. The molecule has 0 aromatic rings. The van der Waals surface area contributed by atoms with Gasteiger partial charge in [0.25, 0.3) is 0 Å². The lowest BCUT2D eigenvalue weighted by Gasteiger charge is -2.58. The van der Waals surface area contributed by atoms with E-state index in [-0.39, 0.29) is 12.0 Å². The number of aliphatic hydroxyl groups excluding tert-OH is 2. The van der Waals surface area contributed by atoms with Gasteiger partial charge in [-0.1, -0.05) is 0 Å². The largest absolute Gasteiger partial charge is 0.394 e. The van der Waals surface area contributed by atoms with Gasteiger partial charge in [0.15, 0.2) is 0 Å². The van der Waals surface area contributed by atoms with Crippen molar-refractivity contribution < 1.29 is 10.2 Å². The first kappa shape index (κ1) is 9.17. The third kappa shape index (κ3) is 1.17.